The van der Waals surface area contributed by atoms with E-state index in [4.69, 9.17) is 16.6 Å². The Labute approximate surface area is 163 Å². The van der Waals surface area contributed by atoms with Gasteiger partial charge in [-0.1, -0.05) is 54.4 Å². The number of hydrogen-bond acceptors (Lipinski definition) is 4. The molecule has 2 aromatic heterocycles. The topological polar surface area (TPSA) is 46.3 Å². The minimum absolute atomic E-state index is 0.700. The molecule has 0 unspecified atom stereocenters. The van der Waals surface area contributed by atoms with Crippen LogP contribution in [0.4, 0.5) is 5.82 Å². The van der Waals surface area contributed by atoms with Crippen molar-refractivity contribution in [1.82, 2.24) is 19.8 Å². The molecule has 0 saturated carbocycles. The largest absolute Gasteiger partial charge is 0.356 e. The molecule has 0 amide bonds. The first-order valence-electron chi connectivity index (χ1n) is 9.38. The molecular weight excluding hydrogens is 358 g/mol. The van der Waals surface area contributed by atoms with E-state index < -0.39 is 0 Å². The van der Waals surface area contributed by atoms with E-state index in [1.807, 2.05) is 40.9 Å². The van der Waals surface area contributed by atoms with Gasteiger partial charge >= 0.3 is 0 Å². The highest BCUT2D eigenvalue weighted by Gasteiger charge is 2.18. The Bertz CT molecular complexity index is 1070. The summed E-state index contributed by atoms with van der Waals surface area (Å²) in [5.74, 6) is 0.992. The Kier molecular flexibility index (Phi) is 4.94. The Balaban J connectivity index is 1.96. The number of unbranched alkanes of at least 4 members (excludes halogenated alkanes) is 1. The third-order valence-electron chi connectivity index (χ3n) is 4.81. The Morgan fingerprint density at radius 2 is 1.81 bits per heavy atom. The number of nitrogens with zero attached hydrogens (tertiary/aromatic N) is 5. The van der Waals surface area contributed by atoms with Crippen LogP contribution in [0.3, 0.4) is 0 Å². The van der Waals surface area contributed by atoms with Crippen LogP contribution in [0.15, 0.2) is 48.5 Å². The van der Waals surface area contributed by atoms with Gasteiger partial charge in [-0.3, -0.25) is 0 Å². The molecule has 6 heteroatoms. The third-order valence-corrected chi connectivity index (χ3v) is 5.06. The molecule has 0 saturated heterocycles. The Morgan fingerprint density at radius 3 is 2.56 bits per heavy atom. The van der Waals surface area contributed by atoms with Crippen molar-refractivity contribution in [2.24, 2.45) is 0 Å². The van der Waals surface area contributed by atoms with Crippen LogP contribution in [0.25, 0.3) is 27.8 Å². The molecule has 4 aromatic rings. The molecule has 0 aliphatic rings. The van der Waals surface area contributed by atoms with Crippen molar-refractivity contribution in [3.63, 3.8) is 0 Å². The third kappa shape index (κ3) is 3.23. The van der Waals surface area contributed by atoms with Gasteiger partial charge in [0.25, 0.3) is 0 Å². The number of hydrogen-bond donors (Lipinski definition) is 0. The highest BCUT2D eigenvalue weighted by molar-refractivity contribution is 6.30. The fraction of sp³-hybridized carbons (Fsp3) is 0.286. The number of rotatable bonds is 6. The van der Waals surface area contributed by atoms with Crippen molar-refractivity contribution >= 4 is 34.0 Å². The summed E-state index contributed by atoms with van der Waals surface area (Å²) in [5, 5.41) is 10.6. The molecule has 2 heterocycles. The van der Waals surface area contributed by atoms with Gasteiger partial charge in [0.2, 0.25) is 0 Å². The van der Waals surface area contributed by atoms with Gasteiger partial charge in [-0.05, 0) is 37.6 Å². The zero-order chi connectivity index (χ0) is 18.8. The lowest BCUT2D eigenvalue weighted by Crippen LogP contribution is -2.25. The minimum atomic E-state index is 0.700. The van der Waals surface area contributed by atoms with E-state index in [2.05, 4.69) is 41.2 Å². The summed E-state index contributed by atoms with van der Waals surface area (Å²) in [6.45, 7) is 6.27. The van der Waals surface area contributed by atoms with Crippen LogP contribution in [0.5, 0.6) is 0 Å². The Morgan fingerprint density at radius 1 is 1.04 bits per heavy atom. The summed E-state index contributed by atoms with van der Waals surface area (Å²) in [6.07, 6.45) is 2.29. The maximum Gasteiger partial charge on any atom is 0.186 e. The fourth-order valence-corrected chi connectivity index (χ4v) is 3.47. The molecule has 0 atom stereocenters. The van der Waals surface area contributed by atoms with E-state index in [-0.39, 0.29) is 0 Å². The van der Waals surface area contributed by atoms with E-state index in [9.17, 15) is 0 Å². The van der Waals surface area contributed by atoms with Crippen molar-refractivity contribution < 1.29 is 0 Å². The predicted molar refractivity (Wildman–Crippen MR) is 112 cm³/mol. The summed E-state index contributed by atoms with van der Waals surface area (Å²) in [6, 6.07) is 15.9. The number of anilines is 1. The van der Waals surface area contributed by atoms with E-state index >= 15 is 0 Å². The molecule has 0 aliphatic heterocycles. The summed E-state index contributed by atoms with van der Waals surface area (Å²) in [7, 11) is 0. The summed E-state index contributed by atoms with van der Waals surface area (Å²) < 4.78 is 1.83. The van der Waals surface area contributed by atoms with Crippen LogP contribution in [0.1, 0.15) is 26.7 Å². The molecule has 27 heavy (non-hydrogen) atoms. The van der Waals surface area contributed by atoms with Gasteiger partial charge in [0.05, 0.1) is 5.52 Å². The Hall–Kier alpha value is -2.66. The molecular formula is C21H22ClN5. The molecule has 0 fully saturated rings. The average molecular weight is 380 g/mol. The van der Waals surface area contributed by atoms with Crippen LogP contribution in [0, 0.1) is 0 Å². The van der Waals surface area contributed by atoms with Crippen LogP contribution < -0.4 is 4.90 Å². The molecule has 0 bridgehead atoms. The lowest BCUT2D eigenvalue weighted by Gasteiger charge is -2.23. The first-order valence-corrected chi connectivity index (χ1v) is 9.75. The normalized spacial score (nSPS) is 11.4. The number of fused-ring (bicyclic) bond motifs is 3. The maximum atomic E-state index is 6.04. The van der Waals surface area contributed by atoms with Crippen LogP contribution in [-0.2, 0) is 0 Å². The van der Waals surface area contributed by atoms with E-state index in [0.29, 0.717) is 5.02 Å². The van der Waals surface area contributed by atoms with Crippen molar-refractivity contribution in [1.29, 1.82) is 0 Å². The molecule has 4 rings (SSSR count). The average Bonchev–Trinajstić information content (AvgIpc) is 3.13. The minimum Gasteiger partial charge on any atom is -0.356 e. The zero-order valence-corrected chi connectivity index (χ0v) is 16.3. The van der Waals surface area contributed by atoms with Crippen molar-refractivity contribution in [3.8, 4) is 11.3 Å². The quantitative estimate of drug-likeness (QED) is 0.460. The van der Waals surface area contributed by atoms with Crippen molar-refractivity contribution in [2.45, 2.75) is 26.7 Å². The van der Waals surface area contributed by atoms with E-state index in [1.165, 1.54) is 0 Å². The SMILES string of the molecule is CCCCN(CC)c1nc2c(-c3ccc(Cl)cc3)nnn2c2ccccc12. The van der Waals surface area contributed by atoms with Gasteiger partial charge in [0.1, 0.15) is 11.5 Å². The molecule has 138 valence electrons. The molecule has 0 N–H and O–H groups in total. The van der Waals surface area contributed by atoms with E-state index in [1.54, 1.807) is 0 Å². The molecule has 2 aromatic carbocycles. The summed E-state index contributed by atoms with van der Waals surface area (Å²) in [5.41, 5.74) is 3.51. The summed E-state index contributed by atoms with van der Waals surface area (Å²) >= 11 is 6.04. The number of para-hydroxylation sites is 1. The van der Waals surface area contributed by atoms with Gasteiger partial charge in [-0.15, -0.1) is 5.10 Å². The zero-order valence-electron chi connectivity index (χ0n) is 15.6. The predicted octanol–water partition coefficient (Wildman–Crippen LogP) is 5.22. The van der Waals surface area contributed by atoms with Crippen LogP contribution in [0.2, 0.25) is 5.02 Å². The lowest BCUT2D eigenvalue weighted by atomic mass is 10.1. The second-order valence-corrected chi connectivity index (χ2v) is 7.00. The molecule has 0 radical (unpaired) electrons. The van der Waals surface area contributed by atoms with Gasteiger partial charge in [-0.25, -0.2) is 4.98 Å². The van der Waals surface area contributed by atoms with Crippen LogP contribution >= 0.6 is 11.6 Å². The van der Waals surface area contributed by atoms with E-state index in [0.717, 1.165) is 59.6 Å². The molecule has 0 spiro atoms. The van der Waals surface area contributed by atoms with Gasteiger partial charge in [-0.2, -0.15) is 4.52 Å². The second-order valence-electron chi connectivity index (χ2n) is 6.57. The lowest BCUT2D eigenvalue weighted by molar-refractivity contribution is 0.726. The molecule has 0 aliphatic carbocycles. The van der Waals surface area contributed by atoms with Gasteiger partial charge in [0.15, 0.2) is 5.65 Å². The first-order chi connectivity index (χ1) is 13.2. The van der Waals surface area contributed by atoms with Gasteiger partial charge < -0.3 is 4.90 Å². The van der Waals surface area contributed by atoms with Crippen molar-refractivity contribution in [2.75, 3.05) is 18.0 Å². The summed E-state index contributed by atoms with van der Waals surface area (Å²) in [4.78, 5) is 7.35. The fourth-order valence-electron chi connectivity index (χ4n) is 3.35. The first kappa shape index (κ1) is 17.7. The monoisotopic (exact) mass is 379 g/mol. The second kappa shape index (κ2) is 7.53. The highest BCUT2D eigenvalue weighted by atomic mass is 35.5. The smallest absolute Gasteiger partial charge is 0.186 e. The number of benzene rings is 2. The maximum absolute atomic E-state index is 6.04. The highest BCUT2D eigenvalue weighted by Crippen LogP contribution is 2.30. The number of aromatic nitrogens is 4. The number of halogens is 1. The molecule has 5 nitrogen and oxygen atoms in total. The van der Waals surface area contributed by atoms with Crippen LogP contribution in [-0.4, -0.2) is 32.9 Å². The van der Waals surface area contributed by atoms with Crippen molar-refractivity contribution in [3.05, 3.63) is 53.6 Å². The standard InChI is InChI=1S/C21H22ClN5/c1-3-5-14-26(4-2)20-17-8-6-7-9-18(17)27-21(23-20)19(24-25-27)15-10-12-16(22)13-11-15/h6-13H,3-5,14H2,1-2H3. The van der Waals surface area contributed by atoms with Gasteiger partial charge in [0, 0.05) is 29.1 Å².